The summed E-state index contributed by atoms with van der Waals surface area (Å²) in [6, 6.07) is 9.35. The van der Waals surface area contributed by atoms with E-state index in [1.807, 2.05) is 31.2 Å². The lowest BCUT2D eigenvalue weighted by Gasteiger charge is -2.11. The molecular weight excluding hydrogens is 252 g/mol. The summed E-state index contributed by atoms with van der Waals surface area (Å²) in [6.45, 7) is 2.84. The van der Waals surface area contributed by atoms with Crippen molar-refractivity contribution in [3.63, 3.8) is 0 Å². The second-order valence-corrected chi connectivity index (χ2v) is 4.39. The van der Waals surface area contributed by atoms with Crippen LogP contribution in [0.25, 0.3) is 0 Å². The zero-order chi connectivity index (χ0) is 14.4. The van der Waals surface area contributed by atoms with Gasteiger partial charge >= 0.3 is 0 Å². The minimum atomic E-state index is 0.375. The Labute approximate surface area is 118 Å². The van der Waals surface area contributed by atoms with Crippen LogP contribution in [0.5, 0.6) is 5.75 Å². The molecule has 0 radical (unpaired) electrons. The van der Waals surface area contributed by atoms with Gasteiger partial charge in [-0.3, -0.25) is 4.98 Å². The topological polar surface area (TPSA) is 84.8 Å². The normalized spacial score (nSPS) is 10.1. The van der Waals surface area contributed by atoms with Crippen molar-refractivity contribution < 1.29 is 4.74 Å². The summed E-state index contributed by atoms with van der Waals surface area (Å²) >= 11 is 0. The molecule has 0 atom stereocenters. The van der Waals surface area contributed by atoms with Crippen LogP contribution in [0.4, 0.5) is 0 Å². The van der Waals surface area contributed by atoms with Gasteiger partial charge in [-0.05, 0) is 43.3 Å². The van der Waals surface area contributed by atoms with Crippen molar-refractivity contribution >= 4 is 0 Å². The van der Waals surface area contributed by atoms with Crippen molar-refractivity contribution in [2.45, 2.75) is 20.0 Å². The Morgan fingerprint density at radius 1 is 1.35 bits per heavy atom. The molecule has 0 saturated heterocycles. The Morgan fingerprint density at radius 3 is 2.95 bits per heavy atom. The molecule has 0 amide bonds. The number of nitrogens with zero attached hydrogens (tertiary/aromatic N) is 3. The zero-order valence-corrected chi connectivity index (χ0v) is 11.3. The van der Waals surface area contributed by atoms with Crippen molar-refractivity contribution in [2.24, 2.45) is 5.73 Å². The summed E-state index contributed by atoms with van der Waals surface area (Å²) in [6.07, 6.45) is 2.28. The number of hydrogen-bond acceptors (Lipinski definition) is 5. The summed E-state index contributed by atoms with van der Waals surface area (Å²) in [4.78, 5) is 8.37. The van der Waals surface area contributed by atoms with Gasteiger partial charge in [-0.2, -0.15) is 5.26 Å². The van der Waals surface area contributed by atoms with Crippen LogP contribution in [0.2, 0.25) is 0 Å². The van der Waals surface area contributed by atoms with Gasteiger partial charge in [0.05, 0.1) is 5.69 Å². The number of nitrogens with two attached hydrogens (primary N) is 1. The molecule has 0 fully saturated rings. The number of aromatic nitrogens is 2. The molecule has 0 aliphatic heterocycles. The minimum absolute atomic E-state index is 0.375. The smallest absolute Gasteiger partial charge is 0.141 e. The van der Waals surface area contributed by atoms with E-state index in [0.29, 0.717) is 25.3 Å². The van der Waals surface area contributed by atoms with Gasteiger partial charge in [0, 0.05) is 18.3 Å². The lowest BCUT2D eigenvalue weighted by Crippen LogP contribution is -2.08. The molecule has 0 unspecified atom stereocenters. The summed E-state index contributed by atoms with van der Waals surface area (Å²) in [5.41, 5.74) is 8.67. The Morgan fingerprint density at radius 2 is 2.20 bits per heavy atom. The molecule has 5 nitrogen and oxygen atoms in total. The number of rotatable bonds is 5. The first-order valence-electron chi connectivity index (χ1n) is 6.37. The maximum absolute atomic E-state index is 8.81. The third-order valence-corrected chi connectivity index (χ3v) is 2.79. The third kappa shape index (κ3) is 3.53. The Kier molecular flexibility index (Phi) is 4.64. The van der Waals surface area contributed by atoms with E-state index < -0.39 is 0 Å². The van der Waals surface area contributed by atoms with Crippen LogP contribution < -0.4 is 10.5 Å². The molecule has 0 spiro atoms. The zero-order valence-electron chi connectivity index (χ0n) is 11.3. The second-order valence-electron chi connectivity index (χ2n) is 4.39. The lowest BCUT2D eigenvalue weighted by molar-refractivity contribution is 0.301. The SMILES string of the molecule is Cc1ccc(OCc2ccnc(C#N)c2)c(CCN)n1. The maximum atomic E-state index is 8.81. The van der Waals surface area contributed by atoms with E-state index in [9.17, 15) is 0 Å². The van der Waals surface area contributed by atoms with Gasteiger partial charge < -0.3 is 10.5 Å². The first-order chi connectivity index (χ1) is 9.72. The standard InChI is InChI=1S/C15H16N4O/c1-11-2-3-15(14(19-11)4-6-16)20-10-12-5-7-18-13(8-12)9-17/h2-3,5,7-8H,4,6,10,16H2,1H3. The average Bonchev–Trinajstić information content (AvgIpc) is 2.47. The number of aryl methyl sites for hydroxylation is 1. The summed E-state index contributed by atoms with van der Waals surface area (Å²) < 4.78 is 5.77. The fourth-order valence-corrected chi connectivity index (χ4v) is 1.83. The van der Waals surface area contributed by atoms with Crippen LogP contribution in [-0.2, 0) is 13.0 Å². The van der Waals surface area contributed by atoms with Crippen LogP contribution in [0.1, 0.15) is 22.6 Å². The molecule has 102 valence electrons. The highest BCUT2D eigenvalue weighted by Crippen LogP contribution is 2.18. The largest absolute Gasteiger partial charge is 0.487 e. The highest BCUT2D eigenvalue weighted by Gasteiger charge is 2.06. The van der Waals surface area contributed by atoms with E-state index >= 15 is 0 Å². The van der Waals surface area contributed by atoms with Crippen molar-refractivity contribution in [3.8, 4) is 11.8 Å². The molecule has 5 heteroatoms. The van der Waals surface area contributed by atoms with Gasteiger partial charge in [0.1, 0.15) is 24.1 Å². The fourth-order valence-electron chi connectivity index (χ4n) is 1.83. The molecule has 20 heavy (non-hydrogen) atoms. The van der Waals surface area contributed by atoms with Gasteiger partial charge in [-0.15, -0.1) is 0 Å². The predicted octanol–water partition coefficient (Wildman–Crippen LogP) is 1.74. The molecule has 2 N–H and O–H groups in total. The van der Waals surface area contributed by atoms with Crippen LogP contribution in [0.15, 0.2) is 30.5 Å². The second kappa shape index (κ2) is 6.64. The number of nitriles is 1. The molecule has 2 rings (SSSR count). The van der Waals surface area contributed by atoms with E-state index in [2.05, 4.69) is 9.97 Å². The highest BCUT2D eigenvalue weighted by atomic mass is 16.5. The van der Waals surface area contributed by atoms with E-state index in [1.165, 1.54) is 0 Å². The first-order valence-corrected chi connectivity index (χ1v) is 6.37. The van der Waals surface area contributed by atoms with E-state index in [4.69, 9.17) is 15.7 Å². The summed E-state index contributed by atoms with van der Waals surface area (Å²) in [7, 11) is 0. The Balaban J connectivity index is 2.12. The Bertz CT molecular complexity index is 634. The lowest BCUT2D eigenvalue weighted by atomic mass is 10.2. The van der Waals surface area contributed by atoms with Gasteiger partial charge in [0.2, 0.25) is 0 Å². The van der Waals surface area contributed by atoms with Gasteiger partial charge in [0.15, 0.2) is 0 Å². The number of hydrogen-bond donors (Lipinski definition) is 1. The van der Waals surface area contributed by atoms with Crippen LogP contribution in [0, 0.1) is 18.3 Å². The Hall–Kier alpha value is -2.45. The monoisotopic (exact) mass is 268 g/mol. The molecule has 0 aromatic carbocycles. The molecule has 0 saturated carbocycles. The van der Waals surface area contributed by atoms with Crippen molar-refractivity contribution in [3.05, 3.63) is 53.1 Å². The molecule has 2 aromatic rings. The summed E-state index contributed by atoms with van der Waals surface area (Å²) in [5.74, 6) is 0.733. The molecular formula is C15H16N4O. The van der Waals surface area contributed by atoms with Crippen LogP contribution >= 0.6 is 0 Å². The first kappa shape index (κ1) is 14.0. The van der Waals surface area contributed by atoms with Crippen LogP contribution in [0.3, 0.4) is 0 Å². The minimum Gasteiger partial charge on any atom is -0.487 e. The van der Waals surface area contributed by atoms with Crippen molar-refractivity contribution in [1.29, 1.82) is 5.26 Å². The van der Waals surface area contributed by atoms with E-state index in [0.717, 1.165) is 22.7 Å². The van der Waals surface area contributed by atoms with Crippen LogP contribution in [-0.4, -0.2) is 16.5 Å². The fraction of sp³-hybridized carbons (Fsp3) is 0.267. The third-order valence-electron chi connectivity index (χ3n) is 2.79. The molecule has 2 aromatic heterocycles. The molecule has 0 aliphatic rings. The summed E-state index contributed by atoms with van der Waals surface area (Å²) in [5, 5.41) is 8.81. The van der Waals surface area contributed by atoms with Gasteiger partial charge in [0.25, 0.3) is 0 Å². The van der Waals surface area contributed by atoms with E-state index in [1.54, 1.807) is 12.3 Å². The molecule has 0 bridgehead atoms. The van der Waals surface area contributed by atoms with Gasteiger partial charge in [-0.1, -0.05) is 0 Å². The van der Waals surface area contributed by atoms with Crippen molar-refractivity contribution in [2.75, 3.05) is 6.54 Å². The van der Waals surface area contributed by atoms with Crippen molar-refractivity contribution in [1.82, 2.24) is 9.97 Å². The number of ether oxygens (including phenoxy) is 1. The van der Waals surface area contributed by atoms with Gasteiger partial charge in [-0.25, -0.2) is 4.98 Å². The quantitative estimate of drug-likeness (QED) is 0.892. The molecule has 2 heterocycles. The molecule has 0 aliphatic carbocycles. The maximum Gasteiger partial charge on any atom is 0.141 e. The average molecular weight is 268 g/mol. The highest BCUT2D eigenvalue weighted by molar-refractivity contribution is 5.30. The predicted molar refractivity (Wildman–Crippen MR) is 75.0 cm³/mol. The van der Waals surface area contributed by atoms with E-state index in [-0.39, 0.29) is 0 Å². The number of pyridine rings is 2.